The SMILES string of the molecule is O=C(Nc1ccc(Cl)c(-c2ccc3cnccc3n2)c1)c1ccc(N2CCCCS2(=O)=O)cc1Cl. The number of hydrogen-bond donors (Lipinski definition) is 1. The Labute approximate surface area is 212 Å². The molecular formula is C25H20Cl2N4O3S. The summed E-state index contributed by atoms with van der Waals surface area (Å²) in [6.45, 7) is 0.400. The molecule has 10 heteroatoms. The molecule has 35 heavy (non-hydrogen) atoms. The second-order valence-corrected chi connectivity index (χ2v) is 11.0. The largest absolute Gasteiger partial charge is 0.322 e. The fraction of sp³-hybridized carbons (Fsp3) is 0.160. The van der Waals surface area contributed by atoms with Gasteiger partial charge >= 0.3 is 0 Å². The molecule has 1 fully saturated rings. The summed E-state index contributed by atoms with van der Waals surface area (Å²) in [4.78, 5) is 21.7. The van der Waals surface area contributed by atoms with Crippen LogP contribution in [0.1, 0.15) is 23.2 Å². The van der Waals surface area contributed by atoms with Gasteiger partial charge in [0.2, 0.25) is 10.0 Å². The van der Waals surface area contributed by atoms with E-state index < -0.39 is 15.9 Å². The van der Waals surface area contributed by atoms with E-state index in [1.807, 2.05) is 18.2 Å². The minimum atomic E-state index is -3.37. The Bertz CT molecular complexity index is 1560. The van der Waals surface area contributed by atoms with Crippen molar-refractivity contribution in [1.29, 1.82) is 0 Å². The summed E-state index contributed by atoms with van der Waals surface area (Å²) < 4.78 is 26.1. The molecule has 2 aromatic heterocycles. The molecule has 1 saturated heterocycles. The van der Waals surface area contributed by atoms with E-state index in [1.165, 1.54) is 16.4 Å². The van der Waals surface area contributed by atoms with E-state index in [0.29, 0.717) is 40.6 Å². The quantitative estimate of drug-likeness (QED) is 0.363. The first-order valence-corrected chi connectivity index (χ1v) is 13.3. The van der Waals surface area contributed by atoms with Crippen LogP contribution in [0.2, 0.25) is 10.0 Å². The molecule has 0 spiro atoms. The lowest BCUT2D eigenvalue weighted by atomic mass is 10.1. The first-order chi connectivity index (χ1) is 16.8. The number of carbonyl (C=O) groups is 1. The summed E-state index contributed by atoms with van der Waals surface area (Å²) in [7, 11) is -3.37. The molecule has 2 aromatic carbocycles. The van der Waals surface area contributed by atoms with E-state index in [9.17, 15) is 13.2 Å². The Morgan fingerprint density at radius 2 is 1.83 bits per heavy atom. The molecular weight excluding hydrogens is 507 g/mol. The highest BCUT2D eigenvalue weighted by molar-refractivity contribution is 7.92. The number of anilines is 2. The van der Waals surface area contributed by atoms with Gasteiger partial charge in [-0.05, 0) is 67.4 Å². The number of amides is 1. The Morgan fingerprint density at radius 3 is 2.63 bits per heavy atom. The Morgan fingerprint density at radius 1 is 0.971 bits per heavy atom. The molecule has 7 nitrogen and oxygen atoms in total. The van der Waals surface area contributed by atoms with Gasteiger partial charge in [-0.3, -0.25) is 14.1 Å². The number of sulfonamides is 1. The van der Waals surface area contributed by atoms with Crippen molar-refractivity contribution in [2.45, 2.75) is 12.8 Å². The number of halogens is 2. The van der Waals surface area contributed by atoms with Crippen LogP contribution in [0.3, 0.4) is 0 Å². The van der Waals surface area contributed by atoms with Crippen molar-refractivity contribution in [3.63, 3.8) is 0 Å². The number of nitrogens with zero attached hydrogens (tertiary/aromatic N) is 3. The molecule has 5 rings (SSSR count). The van der Waals surface area contributed by atoms with Gasteiger partial charge in [0.25, 0.3) is 5.91 Å². The van der Waals surface area contributed by atoms with E-state index in [0.717, 1.165) is 17.3 Å². The van der Waals surface area contributed by atoms with Gasteiger partial charge in [-0.1, -0.05) is 23.2 Å². The summed E-state index contributed by atoms with van der Waals surface area (Å²) in [5, 5.41) is 4.41. The molecule has 0 unspecified atom stereocenters. The first kappa shape index (κ1) is 23.5. The first-order valence-electron chi connectivity index (χ1n) is 10.9. The molecule has 3 heterocycles. The fourth-order valence-corrected chi connectivity index (χ4v) is 6.14. The number of aromatic nitrogens is 2. The molecule has 0 radical (unpaired) electrons. The second kappa shape index (κ2) is 9.45. The summed E-state index contributed by atoms with van der Waals surface area (Å²) >= 11 is 12.8. The lowest BCUT2D eigenvalue weighted by molar-refractivity contribution is 0.102. The van der Waals surface area contributed by atoms with Crippen molar-refractivity contribution < 1.29 is 13.2 Å². The van der Waals surface area contributed by atoms with Crippen LogP contribution in [-0.4, -0.2) is 36.6 Å². The Balaban J connectivity index is 1.40. The maximum Gasteiger partial charge on any atom is 0.257 e. The van der Waals surface area contributed by atoms with Gasteiger partial charge in [-0.15, -0.1) is 0 Å². The summed E-state index contributed by atoms with van der Waals surface area (Å²) in [5.41, 5.74) is 3.32. The Kier molecular flexibility index (Phi) is 6.35. The van der Waals surface area contributed by atoms with Crippen molar-refractivity contribution >= 4 is 61.4 Å². The molecule has 0 aliphatic carbocycles. The van der Waals surface area contributed by atoms with Crippen LogP contribution in [0.4, 0.5) is 11.4 Å². The number of benzene rings is 2. The predicted octanol–water partition coefficient (Wildman–Crippen LogP) is 5.79. The van der Waals surface area contributed by atoms with E-state index in [-0.39, 0.29) is 16.3 Å². The molecule has 4 aromatic rings. The van der Waals surface area contributed by atoms with E-state index >= 15 is 0 Å². The maximum atomic E-state index is 13.0. The van der Waals surface area contributed by atoms with Crippen molar-refractivity contribution in [2.75, 3.05) is 21.9 Å². The highest BCUT2D eigenvalue weighted by Crippen LogP contribution is 2.32. The Hall–Kier alpha value is -3.20. The monoisotopic (exact) mass is 526 g/mol. The predicted molar refractivity (Wildman–Crippen MR) is 140 cm³/mol. The van der Waals surface area contributed by atoms with Gasteiger partial charge in [-0.25, -0.2) is 13.4 Å². The molecule has 1 N–H and O–H groups in total. The van der Waals surface area contributed by atoms with Crippen LogP contribution in [0.5, 0.6) is 0 Å². The number of nitrogens with one attached hydrogen (secondary N) is 1. The summed E-state index contributed by atoms with van der Waals surface area (Å²) in [6, 6.07) is 15.4. The van der Waals surface area contributed by atoms with Gasteiger partial charge in [0.05, 0.1) is 38.3 Å². The van der Waals surface area contributed by atoms with Crippen molar-refractivity contribution in [3.05, 3.63) is 82.6 Å². The lowest BCUT2D eigenvalue weighted by Gasteiger charge is -2.28. The van der Waals surface area contributed by atoms with Crippen LogP contribution in [0.15, 0.2) is 67.0 Å². The highest BCUT2D eigenvalue weighted by atomic mass is 35.5. The van der Waals surface area contributed by atoms with Crippen molar-refractivity contribution in [3.8, 4) is 11.3 Å². The third kappa shape index (κ3) is 4.82. The van der Waals surface area contributed by atoms with E-state index in [4.69, 9.17) is 23.2 Å². The number of hydrogen-bond acceptors (Lipinski definition) is 5. The molecule has 1 amide bonds. The third-order valence-electron chi connectivity index (χ3n) is 5.82. The normalized spacial score (nSPS) is 15.2. The number of rotatable bonds is 4. The zero-order valence-corrected chi connectivity index (χ0v) is 20.7. The lowest BCUT2D eigenvalue weighted by Crippen LogP contribution is -2.37. The van der Waals surface area contributed by atoms with Gasteiger partial charge in [-0.2, -0.15) is 0 Å². The van der Waals surface area contributed by atoms with Gasteiger partial charge < -0.3 is 5.32 Å². The van der Waals surface area contributed by atoms with Crippen molar-refractivity contribution in [1.82, 2.24) is 9.97 Å². The van der Waals surface area contributed by atoms with E-state index in [2.05, 4.69) is 15.3 Å². The van der Waals surface area contributed by atoms with Gasteiger partial charge in [0, 0.05) is 35.6 Å². The fourth-order valence-electron chi connectivity index (χ4n) is 4.04. The zero-order chi connectivity index (χ0) is 24.6. The molecule has 0 bridgehead atoms. The topological polar surface area (TPSA) is 92.3 Å². The molecule has 0 saturated carbocycles. The van der Waals surface area contributed by atoms with Crippen LogP contribution in [0.25, 0.3) is 22.2 Å². The molecule has 1 aliphatic rings. The number of pyridine rings is 2. The molecule has 178 valence electrons. The van der Waals surface area contributed by atoms with E-state index in [1.54, 1.807) is 36.7 Å². The summed E-state index contributed by atoms with van der Waals surface area (Å²) in [6.07, 6.45) is 4.83. The summed E-state index contributed by atoms with van der Waals surface area (Å²) in [5.74, 6) is -0.316. The van der Waals surface area contributed by atoms with Crippen LogP contribution in [-0.2, 0) is 10.0 Å². The zero-order valence-electron chi connectivity index (χ0n) is 18.4. The maximum absolute atomic E-state index is 13.0. The minimum absolute atomic E-state index is 0.106. The number of fused-ring (bicyclic) bond motifs is 1. The third-order valence-corrected chi connectivity index (χ3v) is 8.34. The molecule has 0 atom stereocenters. The standard InChI is InChI=1S/C25H20Cl2N4O3S/c26-21-7-4-17(13-20(21)24-8-3-16-15-28-10-9-23(16)30-24)29-25(32)19-6-5-18(14-22(19)27)31-11-1-2-12-35(31,33)34/h3-10,13-15H,1-2,11-12H2,(H,29,32). The highest BCUT2D eigenvalue weighted by Gasteiger charge is 2.27. The average Bonchev–Trinajstić information content (AvgIpc) is 2.84. The van der Waals surface area contributed by atoms with Gasteiger partial charge in [0.1, 0.15) is 0 Å². The molecule has 1 aliphatic heterocycles. The van der Waals surface area contributed by atoms with Crippen LogP contribution >= 0.6 is 23.2 Å². The van der Waals surface area contributed by atoms with Crippen LogP contribution < -0.4 is 9.62 Å². The number of carbonyl (C=O) groups excluding carboxylic acids is 1. The minimum Gasteiger partial charge on any atom is -0.322 e. The van der Waals surface area contributed by atoms with Gasteiger partial charge in [0.15, 0.2) is 0 Å². The van der Waals surface area contributed by atoms with Crippen molar-refractivity contribution in [2.24, 2.45) is 0 Å². The van der Waals surface area contributed by atoms with Crippen LogP contribution in [0, 0.1) is 0 Å². The smallest absolute Gasteiger partial charge is 0.257 e. The average molecular weight is 527 g/mol. The second-order valence-electron chi connectivity index (χ2n) is 8.17.